The van der Waals surface area contributed by atoms with Gasteiger partial charge in [0.1, 0.15) is 5.69 Å². The predicted octanol–water partition coefficient (Wildman–Crippen LogP) is 5.54. The van der Waals surface area contributed by atoms with Crippen LogP contribution in [0.4, 0.5) is 18.9 Å². The van der Waals surface area contributed by atoms with Gasteiger partial charge in [0.2, 0.25) is 0 Å². The van der Waals surface area contributed by atoms with Gasteiger partial charge in [-0.05, 0) is 81.6 Å². The number of halogens is 3. The van der Waals surface area contributed by atoms with Gasteiger partial charge in [-0.1, -0.05) is 17.3 Å². The normalized spacial score (nSPS) is 14.1. The minimum atomic E-state index is -4.57. The van der Waals surface area contributed by atoms with Crippen molar-refractivity contribution < 1.29 is 18.0 Å². The monoisotopic (exact) mass is 565 g/mol. The first-order valence-corrected chi connectivity index (χ1v) is 13.7. The van der Waals surface area contributed by atoms with Crippen LogP contribution in [0, 0.1) is 20.8 Å². The Morgan fingerprint density at radius 3 is 2.51 bits per heavy atom. The highest BCUT2D eigenvalue weighted by Gasteiger charge is 2.34. The summed E-state index contributed by atoms with van der Waals surface area (Å²) in [7, 11) is 1.85. The summed E-state index contributed by atoms with van der Waals surface area (Å²) >= 11 is 0. The number of hydrogen-bond donors (Lipinski definition) is 1. The number of ketones is 1. The molecular formula is C30H34F3N7O. The molecule has 0 saturated carbocycles. The van der Waals surface area contributed by atoms with E-state index in [1.54, 1.807) is 27.8 Å². The van der Waals surface area contributed by atoms with E-state index in [1.165, 1.54) is 6.92 Å². The number of likely N-dealkylation sites (tertiary alicyclic amines) is 1. The van der Waals surface area contributed by atoms with Gasteiger partial charge in [0.25, 0.3) is 0 Å². The molecule has 1 aliphatic heterocycles. The van der Waals surface area contributed by atoms with Gasteiger partial charge in [0, 0.05) is 49.1 Å². The van der Waals surface area contributed by atoms with E-state index in [2.05, 4.69) is 25.6 Å². The summed E-state index contributed by atoms with van der Waals surface area (Å²) in [5.41, 5.74) is 4.48. The van der Waals surface area contributed by atoms with Crippen molar-refractivity contribution in [3.05, 3.63) is 76.2 Å². The third-order valence-electron chi connectivity index (χ3n) is 7.87. The van der Waals surface area contributed by atoms with Crippen molar-refractivity contribution in [1.29, 1.82) is 0 Å². The Labute approximate surface area is 237 Å². The van der Waals surface area contributed by atoms with Gasteiger partial charge >= 0.3 is 6.18 Å². The number of alkyl halides is 3. The van der Waals surface area contributed by atoms with Crippen molar-refractivity contribution in [2.75, 3.05) is 31.5 Å². The van der Waals surface area contributed by atoms with Crippen LogP contribution in [0.25, 0.3) is 16.9 Å². The molecule has 0 radical (unpaired) electrons. The molecule has 0 atom stereocenters. The topological polar surface area (TPSA) is 80.9 Å². The lowest BCUT2D eigenvalue weighted by atomic mass is 9.96. The summed E-state index contributed by atoms with van der Waals surface area (Å²) in [4.78, 5) is 15.6. The molecule has 0 unspecified atom stereocenters. The molecule has 1 fully saturated rings. The van der Waals surface area contributed by atoms with E-state index in [-0.39, 0.29) is 17.5 Å². The van der Waals surface area contributed by atoms with Crippen LogP contribution in [0.1, 0.15) is 51.1 Å². The number of rotatable bonds is 9. The highest BCUT2D eigenvalue weighted by molar-refractivity contribution is 5.99. The summed E-state index contributed by atoms with van der Waals surface area (Å²) in [5, 5.41) is 16.0. The zero-order chi connectivity index (χ0) is 29.3. The smallest absolute Gasteiger partial charge is 0.384 e. The fourth-order valence-electron chi connectivity index (χ4n) is 5.26. The lowest BCUT2D eigenvalue weighted by Crippen LogP contribution is -2.26. The molecule has 5 rings (SSSR count). The van der Waals surface area contributed by atoms with Crippen molar-refractivity contribution in [1.82, 2.24) is 29.7 Å². The Morgan fingerprint density at radius 2 is 1.83 bits per heavy atom. The summed E-state index contributed by atoms with van der Waals surface area (Å²) in [6.07, 6.45) is 1.20. The quantitative estimate of drug-likeness (QED) is 0.268. The van der Waals surface area contributed by atoms with Crippen molar-refractivity contribution in [2.24, 2.45) is 7.05 Å². The first-order chi connectivity index (χ1) is 19.5. The van der Waals surface area contributed by atoms with E-state index < -0.39 is 17.5 Å². The highest BCUT2D eigenvalue weighted by Crippen LogP contribution is 2.36. The maximum Gasteiger partial charge on any atom is 0.416 e. The second-order valence-electron chi connectivity index (χ2n) is 10.7. The van der Waals surface area contributed by atoms with Crippen LogP contribution >= 0.6 is 0 Å². The number of anilines is 1. The molecule has 216 valence electrons. The minimum absolute atomic E-state index is 0.0313. The molecule has 0 bridgehead atoms. The van der Waals surface area contributed by atoms with Gasteiger partial charge in [-0.15, -0.1) is 5.10 Å². The molecule has 8 nitrogen and oxygen atoms in total. The van der Waals surface area contributed by atoms with Crippen molar-refractivity contribution in [3.8, 4) is 16.9 Å². The molecule has 0 amide bonds. The largest absolute Gasteiger partial charge is 0.416 e. The zero-order valence-electron chi connectivity index (χ0n) is 23.7. The molecule has 1 saturated heterocycles. The number of benzene rings is 2. The summed E-state index contributed by atoms with van der Waals surface area (Å²) in [5.74, 6) is -0.391. The number of aryl methyl sites for hydroxylation is 2. The maximum atomic E-state index is 13.9. The summed E-state index contributed by atoms with van der Waals surface area (Å²) < 4.78 is 45.2. The Balaban J connectivity index is 1.38. The Hall–Kier alpha value is -3.99. The Kier molecular flexibility index (Phi) is 7.99. The molecule has 4 aromatic rings. The fraction of sp³-hybridized carbons (Fsp3) is 0.400. The molecule has 0 spiro atoms. The second kappa shape index (κ2) is 11.5. The van der Waals surface area contributed by atoms with E-state index >= 15 is 0 Å². The molecule has 2 aromatic carbocycles. The number of aromatic nitrogens is 5. The van der Waals surface area contributed by atoms with Crippen LogP contribution in [0.2, 0.25) is 0 Å². The van der Waals surface area contributed by atoms with Crippen LogP contribution in [0.15, 0.2) is 42.7 Å². The van der Waals surface area contributed by atoms with Gasteiger partial charge in [0.05, 0.1) is 23.6 Å². The Bertz CT molecular complexity index is 1560. The average Bonchev–Trinajstić information content (AvgIpc) is 3.68. The number of nitrogens with zero attached hydrogens (tertiary/aromatic N) is 6. The minimum Gasteiger partial charge on any atom is -0.384 e. The predicted molar refractivity (Wildman–Crippen MR) is 151 cm³/mol. The molecule has 0 aliphatic carbocycles. The van der Waals surface area contributed by atoms with Crippen LogP contribution in [-0.4, -0.2) is 61.6 Å². The molecule has 41 heavy (non-hydrogen) atoms. The number of carbonyl (C=O) groups excluding carboxylic acids is 1. The number of carbonyl (C=O) groups is 1. The maximum absolute atomic E-state index is 13.9. The van der Waals surface area contributed by atoms with E-state index in [9.17, 15) is 18.0 Å². The van der Waals surface area contributed by atoms with Crippen LogP contribution in [-0.2, 0) is 19.6 Å². The van der Waals surface area contributed by atoms with E-state index in [1.807, 2.05) is 39.1 Å². The summed E-state index contributed by atoms with van der Waals surface area (Å²) in [6, 6.07) is 8.03. The highest BCUT2D eigenvalue weighted by atomic mass is 19.4. The van der Waals surface area contributed by atoms with Crippen molar-refractivity contribution in [2.45, 2.75) is 46.2 Å². The zero-order valence-corrected chi connectivity index (χ0v) is 23.7. The SMILES string of the molecule is Cc1ccc(CC(=O)c2cc(NCCN3CCCC3)c(C)c(C(F)(F)F)c2)cc1-n1cc(-c2cnn(C)c2C)nn1. The molecule has 1 aliphatic rings. The van der Waals surface area contributed by atoms with Crippen molar-refractivity contribution >= 4 is 11.5 Å². The number of hydrogen-bond acceptors (Lipinski definition) is 6. The fourth-order valence-corrected chi connectivity index (χ4v) is 5.26. The standard InChI is InChI=1S/C30H34F3N7O/c1-19-7-8-22(13-28(19)40-18-27(36-37-40)24-17-35-38(4)21(24)3)14-29(41)23-15-25(30(31,32)33)20(2)26(16-23)34-9-12-39-10-5-6-11-39/h7-8,13,15-18,34H,5-6,9-12,14H2,1-4H3. The van der Waals surface area contributed by atoms with Gasteiger partial charge < -0.3 is 10.2 Å². The van der Waals surface area contributed by atoms with Gasteiger partial charge in [-0.3, -0.25) is 9.48 Å². The van der Waals surface area contributed by atoms with E-state index in [0.717, 1.165) is 61.1 Å². The first kappa shape index (κ1) is 28.5. The third-order valence-corrected chi connectivity index (χ3v) is 7.87. The lowest BCUT2D eigenvalue weighted by Gasteiger charge is -2.19. The average molecular weight is 566 g/mol. The molecule has 11 heteroatoms. The van der Waals surface area contributed by atoms with Crippen LogP contribution in [0.3, 0.4) is 0 Å². The Morgan fingerprint density at radius 1 is 1.07 bits per heavy atom. The lowest BCUT2D eigenvalue weighted by molar-refractivity contribution is -0.138. The van der Waals surface area contributed by atoms with Gasteiger partial charge in [-0.2, -0.15) is 18.3 Å². The van der Waals surface area contributed by atoms with Crippen molar-refractivity contribution in [3.63, 3.8) is 0 Å². The number of nitrogens with one attached hydrogen (secondary N) is 1. The van der Waals surface area contributed by atoms with Gasteiger partial charge in [-0.25, -0.2) is 4.68 Å². The van der Waals surface area contributed by atoms with E-state index in [0.29, 0.717) is 23.5 Å². The summed E-state index contributed by atoms with van der Waals surface area (Å²) in [6.45, 7) is 8.58. The third kappa shape index (κ3) is 6.19. The number of Topliss-reactive ketones (excluding diaryl/α,β-unsaturated/α-hetero) is 1. The molecule has 2 aromatic heterocycles. The molecule has 1 N–H and O–H groups in total. The van der Waals surface area contributed by atoms with Crippen LogP contribution in [0.5, 0.6) is 0 Å². The molecule has 3 heterocycles. The van der Waals surface area contributed by atoms with E-state index in [4.69, 9.17) is 0 Å². The van der Waals surface area contributed by atoms with Gasteiger partial charge in [0.15, 0.2) is 5.78 Å². The van der Waals surface area contributed by atoms with Crippen LogP contribution < -0.4 is 5.32 Å². The molecular weight excluding hydrogens is 531 g/mol. The second-order valence-corrected chi connectivity index (χ2v) is 10.7. The first-order valence-electron chi connectivity index (χ1n) is 13.7.